The van der Waals surface area contributed by atoms with E-state index in [9.17, 15) is 29.1 Å². The number of H-pyrrole nitrogens is 1. The highest BCUT2D eigenvalue weighted by Crippen LogP contribution is 2.19. The number of hydrogen-bond donors (Lipinski definition) is 8. The van der Waals surface area contributed by atoms with Crippen molar-refractivity contribution in [2.75, 3.05) is 6.54 Å². The topological polar surface area (TPSA) is 230 Å². The average Bonchev–Trinajstić information content (AvgIpc) is 3.27. The fraction of sp³-hybridized carbons (Fsp3) is 0.480. The van der Waals surface area contributed by atoms with Gasteiger partial charge in [0.15, 0.2) is 0 Å². The van der Waals surface area contributed by atoms with Crippen LogP contribution in [0, 0.1) is 0 Å². The van der Waals surface area contributed by atoms with Gasteiger partial charge in [-0.2, -0.15) is 0 Å². The van der Waals surface area contributed by atoms with Crippen LogP contribution in [0.1, 0.15) is 44.6 Å². The SMILES string of the molecule is CC(N)C(=O)NC(CCCCN)C(=O)NC(Cc1c[nH]c2ccccc12)C(=O)NC(CCC(=O)O)C(=O)O. The van der Waals surface area contributed by atoms with Crippen LogP contribution in [-0.4, -0.2) is 75.6 Å². The Bertz CT molecular complexity index is 1130. The van der Waals surface area contributed by atoms with Crippen LogP contribution >= 0.6 is 0 Å². The van der Waals surface area contributed by atoms with Gasteiger partial charge in [0.1, 0.15) is 18.1 Å². The number of hydrogen-bond acceptors (Lipinski definition) is 7. The lowest BCUT2D eigenvalue weighted by atomic mass is 10.0. The van der Waals surface area contributed by atoms with Gasteiger partial charge in [-0.05, 0) is 50.8 Å². The lowest BCUT2D eigenvalue weighted by molar-refractivity contribution is -0.143. The third-order valence-electron chi connectivity index (χ3n) is 5.99. The van der Waals surface area contributed by atoms with Gasteiger partial charge in [-0.1, -0.05) is 18.2 Å². The molecular formula is C25H36N6O7. The first-order valence-electron chi connectivity index (χ1n) is 12.4. The van der Waals surface area contributed by atoms with Crippen molar-refractivity contribution in [1.82, 2.24) is 20.9 Å². The summed E-state index contributed by atoms with van der Waals surface area (Å²) in [7, 11) is 0. The Morgan fingerprint density at radius 2 is 1.53 bits per heavy atom. The van der Waals surface area contributed by atoms with Gasteiger partial charge >= 0.3 is 11.9 Å². The highest BCUT2D eigenvalue weighted by atomic mass is 16.4. The maximum Gasteiger partial charge on any atom is 0.326 e. The van der Waals surface area contributed by atoms with E-state index in [4.69, 9.17) is 16.6 Å². The summed E-state index contributed by atoms with van der Waals surface area (Å²) in [6.07, 6.45) is 2.28. The van der Waals surface area contributed by atoms with E-state index in [0.29, 0.717) is 24.9 Å². The monoisotopic (exact) mass is 532 g/mol. The molecule has 0 saturated heterocycles. The predicted molar refractivity (Wildman–Crippen MR) is 139 cm³/mol. The van der Waals surface area contributed by atoms with Crippen molar-refractivity contribution in [2.24, 2.45) is 11.5 Å². The molecule has 13 nitrogen and oxygen atoms in total. The number of nitrogens with two attached hydrogens (primary N) is 2. The van der Waals surface area contributed by atoms with Gasteiger partial charge in [-0.15, -0.1) is 0 Å². The number of carboxylic acid groups (broad SMARTS) is 2. The second kappa shape index (κ2) is 14.7. The Labute approximate surface area is 219 Å². The van der Waals surface area contributed by atoms with Crippen LogP contribution in [0.15, 0.2) is 30.5 Å². The molecule has 0 aliphatic carbocycles. The van der Waals surface area contributed by atoms with Crippen molar-refractivity contribution in [2.45, 2.75) is 69.6 Å². The van der Waals surface area contributed by atoms with E-state index < -0.39 is 60.2 Å². The summed E-state index contributed by atoms with van der Waals surface area (Å²) in [5, 5.41) is 26.8. The van der Waals surface area contributed by atoms with Gasteiger partial charge in [0, 0.05) is 29.9 Å². The molecule has 1 aromatic carbocycles. The molecule has 0 spiro atoms. The minimum atomic E-state index is -1.47. The summed E-state index contributed by atoms with van der Waals surface area (Å²) in [5.74, 6) is -4.61. The fourth-order valence-electron chi connectivity index (χ4n) is 3.86. The maximum absolute atomic E-state index is 13.3. The number of amides is 3. The van der Waals surface area contributed by atoms with Crippen LogP contribution in [0.3, 0.4) is 0 Å². The number of aromatic amines is 1. The number of unbranched alkanes of at least 4 members (excludes halogenated alkanes) is 1. The van der Waals surface area contributed by atoms with Crippen molar-refractivity contribution < 1.29 is 34.2 Å². The number of para-hydroxylation sites is 1. The fourth-order valence-corrected chi connectivity index (χ4v) is 3.86. The zero-order valence-electron chi connectivity index (χ0n) is 21.2. The van der Waals surface area contributed by atoms with Gasteiger partial charge in [-0.25, -0.2) is 4.79 Å². The van der Waals surface area contributed by atoms with Gasteiger partial charge in [0.25, 0.3) is 0 Å². The summed E-state index contributed by atoms with van der Waals surface area (Å²) in [6.45, 7) is 1.87. The second-order valence-corrected chi connectivity index (χ2v) is 9.09. The molecular weight excluding hydrogens is 496 g/mol. The molecule has 0 radical (unpaired) electrons. The van der Waals surface area contributed by atoms with Gasteiger partial charge in [0.2, 0.25) is 17.7 Å². The van der Waals surface area contributed by atoms with E-state index >= 15 is 0 Å². The second-order valence-electron chi connectivity index (χ2n) is 9.09. The molecule has 2 aromatic rings. The average molecular weight is 533 g/mol. The van der Waals surface area contributed by atoms with E-state index in [0.717, 1.165) is 10.9 Å². The van der Waals surface area contributed by atoms with Crippen LogP contribution in [0.5, 0.6) is 0 Å². The van der Waals surface area contributed by atoms with Crippen LogP contribution in [0.4, 0.5) is 0 Å². The molecule has 3 amide bonds. The van der Waals surface area contributed by atoms with Gasteiger partial charge in [-0.3, -0.25) is 19.2 Å². The molecule has 0 aliphatic heterocycles. The summed E-state index contributed by atoms with van der Waals surface area (Å²) in [6, 6.07) is 2.77. The number of nitrogens with one attached hydrogen (secondary N) is 4. The first-order chi connectivity index (χ1) is 18.0. The van der Waals surface area contributed by atoms with E-state index in [2.05, 4.69) is 20.9 Å². The number of carboxylic acids is 2. The highest BCUT2D eigenvalue weighted by molar-refractivity contribution is 5.94. The van der Waals surface area contributed by atoms with Crippen molar-refractivity contribution >= 4 is 40.6 Å². The van der Waals surface area contributed by atoms with E-state index in [-0.39, 0.29) is 19.3 Å². The number of carbonyl (C=O) groups excluding carboxylic acids is 3. The third kappa shape index (κ3) is 9.16. The highest BCUT2D eigenvalue weighted by Gasteiger charge is 2.30. The van der Waals surface area contributed by atoms with E-state index in [1.165, 1.54) is 6.92 Å². The lowest BCUT2D eigenvalue weighted by Crippen LogP contribution is -2.57. The molecule has 2 rings (SSSR count). The van der Waals surface area contributed by atoms with Gasteiger partial charge in [0.05, 0.1) is 6.04 Å². The van der Waals surface area contributed by atoms with Crippen molar-refractivity contribution in [3.63, 3.8) is 0 Å². The summed E-state index contributed by atoms with van der Waals surface area (Å²) in [5.41, 5.74) is 12.7. The first kappa shape index (κ1) is 30.3. The summed E-state index contributed by atoms with van der Waals surface area (Å²) >= 11 is 0. The normalized spacial score (nSPS) is 14.2. The lowest BCUT2D eigenvalue weighted by Gasteiger charge is -2.25. The number of aromatic nitrogens is 1. The molecule has 0 fully saturated rings. The zero-order valence-corrected chi connectivity index (χ0v) is 21.2. The Hall–Kier alpha value is -3.97. The smallest absolute Gasteiger partial charge is 0.326 e. The zero-order chi connectivity index (χ0) is 28.2. The number of rotatable bonds is 16. The minimum absolute atomic E-state index is 0.00359. The summed E-state index contributed by atoms with van der Waals surface area (Å²) in [4.78, 5) is 64.4. The molecule has 1 aromatic heterocycles. The molecule has 4 atom stereocenters. The van der Waals surface area contributed by atoms with Crippen LogP contribution < -0.4 is 27.4 Å². The Kier molecular flexibility index (Phi) is 11.7. The molecule has 0 saturated carbocycles. The standard InChI is InChI=1S/C25H36N6O7/c1-14(27)22(34)29-18(8-4-5-11-26)23(35)31-20(12-15-13-28-17-7-3-2-6-16(15)17)24(36)30-19(25(37)38)9-10-21(32)33/h2-3,6-7,13-14,18-20,28H,4-5,8-12,26-27H2,1H3,(H,29,34)(H,30,36)(H,31,35)(H,32,33)(H,37,38). The molecule has 1 heterocycles. The quantitative estimate of drug-likeness (QED) is 0.131. The molecule has 208 valence electrons. The summed E-state index contributed by atoms with van der Waals surface area (Å²) < 4.78 is 0. The Morgan fingerprint density at radius 3 is 2.16 bits per heavy atom. The third-order valence-corrected chi connectivity index (χ3v) is 5.99. The molecule has 4 unspecified atom stereocenters. The minimum Gasteiger partial charge on any atom is -0.481 e. The molecule has 13 heteroatoms. The van der Waals surface area contributed by atoms with Gasteiger partial charge < -0.3 is 42.6 Å². The van der Waals surface area contributed by atoms with Crippen molar-refractivity contribution in [1.29, 1.82) is 0 Å². The van der Waals surface area contributed by atoms with Crippen molar-refractivity contribution in [3.8, 4) is 0 Å². The largest absolute Gasteiger partial charge is 0.481 e. The molecule has 38 heavy (non-hydrogen) atoms. The molecule has 0 bridgehead atoms. The van der Waals surface area contributed by atoms with E-state index in [1.807, 2.05) is 24.3 Å². The Morgan fingerprint density at radius 1 is 0.895 bits per heavy atom. The number of benzene rings is 1. The van der Waals surface area contributed by atoms with E-state index in [1.54, 1.807) is 6.20 Å². The van der Waals surface area contributed by atoms with Crippen molar-refractivity contribution in [3.05, 3.63) is 36.0 Å². The number of aliphatic carboxylic acids is 2. The predicted octanol–water partition coefficient (Wildman–Crippen LogP) is -0.410. The Balaban J connectivity index is 2.30. The maximum atomic E-state index is 13.3. The number of carbonyl (C=O) groups is 5. The molecule has 10 N–H and O–H groups in total. The van der Waals surface area contributed by atoms with Crippen LogP contribution in [-0.2, 0) is 30.4 Å². The first-order valence-corrected chi connectivity index (χ1v) is 12.4. The van der Waals surface area contributed by atoms with Crippen LogP contribution in [0.25, 0.3) is 10.9 Å². The molecule has 0 aliphatic rings. The van der Waals surface area contributed by atoms with Crippen LogP contribution in [0.2, 0.25) is 0 Å². The number of fused-ring (bicyclic) bond motifs is 1.